The van der Waals surface area contributed by atoms with Gasteiger partial charge in [-0.2, -0.15) is 5.10 Å². The Morgan fingerprint density at radius 2 is 2.16 bits per heavy atom. The van der Waals surface area contributed by atoms with Crippen LogP contribution < -0.4 is 10.2 Å². The zero-order chi connectivity index (χ0) is 18.4. The van der Waals surface area contributed by atoms with Crippen LogP contribution in [0.5, 0.6) is 5.75 Å². The fourth-order valence-corrected chi connectivity index (χ4v) is 2.79. The lowest BCUT2D eigenvalue weighted by molar-refractivity contribution is -0.380. The van der Waals surface area contributed by atoms with E-state index < -0.39 is 10.8 Å². The molecule has 0 aliphatic rings. The highest BCUT2D eigenvalue weighted by atomic mass is 32.1. The van der Waals surface area contributed by atoms with Crippen LogP contribution in [0, 0.1) is 17.0 Å². The average Bonchev–Trinajstić information content (AvgIpc) is 3.02. The number of amides is 1. The molecule has 0 aliphatic heterocycles. The zero-order valence-corrected chi connectivity index (χ0v) is 15.0. The van der Waals surface area contributed by atoms with Crippen LogP contribution in [0.25, 0.3) is 0 Å². The van der Waals surface area contributed by atoms with Gasteiger partial charge in [0.2, 0.25) is 0 Å². The molecule has 1 aromatic carbocycles. The Morgan fingerprint density at radius 1 is 1.40 bits per heavy atom. The summed E-state index contributed by atoms with van der Waals surface area (Å²) in [4.78, 5) is 22.5. The quantitative estimate of drug-likeness (QED) is 0.463. The van der Waals surface area contributed by atoms with Crippen LogP contribution in [-0.2, 0) is 4.79 Å². The number of benzene rings is 1. The molecular weight excluding hydrogens is 342 g/mol. The summed E-state index contributed by atoms with van der Waals surface area (Å²) in [5.41, 5.74) is 4.43. The van der Waals surface area contributed by atoms with E-state index in [-0.39, 0.29) is 17.5 Å². The topological polar surface area (TPSA) is 93.8 Å². The normalized spacial score (nSPS) is 11.0. The number of carbonyl (C=O) groups is 1. The smallest absolute Gasteiger partial charge is 0.324 e. The van der Waals surface area contributed by atoms with Crippen LogP contribution in [-0.4, -0.2) is 23.7 Å². The molecule has 0 bridgehead atoms. The van der Waals surface area contributed by atoms with Crippen molar-refractivity contribution in [2.45, 2.75) is 26.7 Å². The van der Waals surface area contributed by atoms with E-state index in [0.717, 1.165) is 22.5 Å². The van der Waals surface area contributed by atoms with Gasteiger partial charge < -0.3 is 4.74 Å². The summed E-state index contributed by atoms with van der Waals surface area (Å²) >= 11 is 0.979. The third kappa shape index (κ3) is 5.39. The van der Waals surface area contributed by atoms with E-state index in [2.05, 4.69) is 24.4 Å². The molecule has 1 N–H and O–H groups in total. The van der Waals surface area contributed by atoms with Crippen LogP contribution in [0.4, 0.5) is 5.00 Å². The van der Waals surface area contributed by atoms with Gasteiger partial charge in [0, 0.05) is 6.07 Å². The molecule has 0 atom stereocenters. The zero-order valence-electron chi connectivity index (χ0n) is 14.2. The Balaban J connectivity index is 1.89. The molecule has 8 heteroatoms. The maximum Gasteiger partial charge on any atom is 0.324 e. The number of ether oxygens (including phenoxy) is 1. The summed E-state index contributed by atoms with van der Waals surface area (Å²) in [6.45, 7) is 5.91. The SMILES string of the molecule is Cc1ccc(C(C)C)c(OCC(=O)NN=Cc2ccc([N+](=O)[O-])s2)c1. The van der Waals surface area contributed by atoms with Gasteiger partial charge in [-0.15, -0.1) is 0 Å². The van der Waals surface area contributed by atoms with Crippen molar-refractivity contribution in [2.75, 3.05) is 6.61 Å². The minimum absolute atomic E-state index is 0.0248. The number of hydrogen-bond donors (Lipinski definition) is 1. The predicted octanol–water partition coefficient (Wildman–Crippen LogP) is 3.62. The highest BCUT2D eigenvalue weighted by molar-refractivity contribution is 7.16. The van der Waals surface area contributed by atoms with Crippen molar-refractivity contribution in [3.63, 3.8) is 0 Å². The molecule has 0 spiro atoms. The lowest BCUT2D eigenvalue weighted by Crippen LogP contribution is -2.24. The summed E-state index contributed by atoms with van der Waals surface area (Å²) in [5, 5.41) is 14.4. The number of carbonyl (C=O) groups excluding carboxylic acids is 1. The molecule has 0 radical (unpaired) electrons. The number of rotatable bonds is 7. The first-order valence-corrected chi connectivity index (χ1v) is 8.48. The maximum absolute atomic E-state index is 11.8. The van der Waals surface area contributed by atoms with Gasteiger partial charge in [0.15, 0.2) is 6.61 Å². The van der Waals surface area contributed by atoms with Gasteiger partial charge >= 0.3 is 5.00 Å². The monoisotopic (exact) mass is 361 g/mol. The van der Waals surface area contributed by atoms with Crippen LogP contribution in [0.3, 0.4) is 0 Å². The summed E-state index contributed by atoms with van der Waals surface area (Å²) in [5.74, 6) is 0.563. The molecule has 2 aromatic rings. The Bertz CT molecular complexity index is 799. The number of aryl methyl sites for hydroxylation is 1. The first-order chi connectivity index (χ1) is 11.9. The molecular formula is C17H19N3O4S. The van der Waals surface area contributed by atoms with Gasteiger partial charge in [0.1, 0.15) is 5.75 Å². The van der Waals surface area contributed by atoms with E-state index in [9.17, 15) is 14.9 Å². The minimum atomic E-state index is -0.470. The van der Waals surface area contributed by atoms with Gasteiger partial charge in [0.05, 0.1) is 16.0 Å². The van der Waals surface area contributed by atoms with Crippen LogP contribution in [0.1, 0.15) is 35.8 Å². The summed E-state index contributed by atoms with van der Waals surface area (Å²) < 4.78 is 5.61. The number of hydrazone groups is 1. The number of nitrogens with zero attached hydrogens (tertiary/aromatic N) is 2. The first kappa shape index (κ1) is 18.6. The van der Waals surface area contributed by atoms with Crippen molar-refractivity contribution in [1.29, 1.82) is 0 Å². The second kappa shape index (κ2) is 8.39. The van der Waals surface area contributed by atoms with Gasteiger partial charge in [-0.05, 0) is 36.1 Å². The first-order valence-electron chi connectivity index (χ1n) is 7.66. The predicted molar refractivity (Wildman–Crippen MR) is 97.5 cm³/mol. The molecule has 0 fully saturated rings. The van der Waals surface area contributed by atoms with E-state index in [1.165, 1.54) is 12.3 Å². The Hall–Kier alpha value is -2.74. The molecule has 0 aliphatic carbocycles. The lowest BCUT2D eigenvalue weighted by Gasteiger charge is -2.14. The highest BCUT2D eigenvalue weighted by Crippen LogP contribution is 2.27. The molecule has 1 aromatic heterocycles. The maximum atomic E-state index is 11.8. The third-order valence-corrected chi connectivity index (χ3v) is 4.29. The molecule has 7 nitrogen and oxygen atoms in total. The molecule has 25 heavy (non-hydrogen) atoms. The second-order valence-electron chi connectivity index (χ2n) is 5.71. The Labute approximate surface area is 149 Å². The van der Waals surface area contributed by atoms with Crippen LogP contribution in [0.15, 0.2) is 35.4 Å². The Kier molecular flexibility index (Phi) is 6.24. The highest BCUT2D eigenvalue weighted by Gasteiger charge is 2.10. The second-order valence-corrected chi connectivity index (χ2v) is 6.80. The van der Waals surface area contributed by atoms with Crippen molar-refractivity contribution < 1.29 is 14.5 Å². The van der Waals surface area contributed by atoms with Crippen molar-refractivity contribution >= 4 is 28.5 Å². The standard InChI is InChI=1S/C17H19N3O4S/c1-11(2)14-6-4-12(3)8-15(14)24-10-16(21)19-18-9-13-5-7-17(25-13)20(22)23/h4-9,11H,10H2,1-3H3,(H,19,21). The van der Waals surface area contributed by atoms with Crippen LogP contribution >= 0.6 is 11.3 Å². The van der Waals surface area contributed by atoms with E-state index in [1.54, 1.807) is 6.07 Å². The van der Waals surface area contributed by atoms with E-state index >= 15 is 0 Å². The van der Waals surface area contributed by atoms with E-state index in [1.807, 2.05) is 25.1 Å². The molecule has 1 heterocycles. The summed E-state index contributed by atoms with van der Waals surface area (Å²) in [7, 11) is 0. The van der Waals surface area contributed by atoms with E-state index in [4.69, 9.17) is 4.74 Å². The summed E-state index contributed by atoms with van der Waals surface area (Å²) in [6, 6.07) is 8.86. The summed E-state index contributed by atoms with van der Waals surface area (Å²) in [6.07, 6.45) is 1.36. The third-order valence-electron chi connectivity index (χ3n) is 3.32. The fourth-order valence-electron chi connectivity index (χ4n) is 2.10. The average molecular weight is 361 g/mol. The largest absolute Gasteiger partial charge is 0.483 e. The molecule has 0 saturated heterocycles. The minimum Gasteiger partial charge on any atom is -0.483 e. The van der Waals surface area contributed by atoms with Crippen molar-refractivity contribution in [3.05, 3.63) is 56.5 Å². The lowest BCUT2D eigenvalue weighted by atomic mass is 10.0. The van der Waals surface area contributed by atoms with Crippen LogP contribution in [0.2, 0.25) is 0 Å². The number of nitrogens with one attached hydrogen (secondary N) is 1. The molecule has 132 valence electrons. The van der Waals surface area contributed by atoms with Crippen molar-refractivity contribution in [3.8, 4) is 5.75 Å². The van der Waals surface area contributed by atoms with Gasteiger partial charge in [-0.3, -0.25) is 14.9 Å². The Morgan fingerprint density at radius 3 is 2.80 bits per heavy atom. The van der Waals surface area contributed by atoms with Gasteiger partial charge in [-0.1, -0.05) is 37.3 Å². The van der Waals surface area contributed by atoms with E-state index in [0.29, 0.717) is 10.6 Å². The molecule has 0 saturated carbocycles. The molecule has 2 rings (SSSR count). The molecule has 1 amide bonds. The number of thiophene rings is 1. The fraction of sp³-hybridized carbons (Fsp3) is 0.294. The number of hydrogen-bond acceptors (Lipinski definition) is 6. The van der Waals surface area contributed by atoms with Crippen molar-refractivity contribution in [1.82, 2.24) is 5.43 Å². The molecule has 0 unspecified atom stereocenters. The van der Waals surface area contributed by atoms with Crippen molar-refractivity contribution in [2.24, 2.45) is 5.10 Å². The van der Waals surface area contributed by atoms with Gasteiger partial charge in [0.25, 0.3) is 5.91 Å². The number of nitro groups is 1. The van der Waals surface area contributed by atoms with Gasteiger partial charge in [-0.25, -0.2) is 5.43 Å².